The number of hydrogen-bond acceptors (Lipinski definition) is 1. The molecule has 0 aliphatic carbocycles. The Morgan fingerprint density at radius 3 is 2.67 bits per heavy atom. The minimum absolute atomic E-state index is 0.0774. The second-order valence-corrected chi connectivity index (χ2v) is 2.48. The van der Waals surface area contributed by atoms with Crippen molar-refractivity contribution < 1.29 is 5.11 Å². The summed E-state index contributed by atoms with van der Waals surface area (Å²) in [7, 11) is 0. The lowest BCUT2D eigenvalue weighted by atomic mass is 10.2. The molecule has 0 rings (SSSR count). The zero-order valence-electron chi connectivity index (χ0n) is 7.54. The van der Waals surface area contributed by atoms with Crippen LogP contribution in [0.15, 0.2) is 35.5 Å². The van der Waals surface area contributed by atoms with Crippen LogP contribution in [-0.2, 0) is 0 Å². The lowest BCUT2D eigenvalue weighted by Crippen LogP contribution is -1.75. The van der Waals surface area contributed by atoms with E-state index in [9.17, 15) is 0 Å². The molecule has 12 heavy (non-hydrogen) atoms. The van der Waals surface area contributed by atoms with Crippen LogP contribution in [0.4, 0.5) is 0 Å². The van der Waals surface area contributed by atoms with E-state index in [0.29, 0.717) is 0 Å². The predicted molar refractivity (Wildman–Crippen MR) is 52.6 cm³/mol. The maximum absolute atomic E-state index is 8.53. The molecule has 0 heterocycles. The summed E-state index contributed by atoms with van der Waals surface area (Å²) in [6.07, 6.45) is 12.5. The van der Waals surface area contributed by atoms with E-state index in [1.54, 1.807) is 6.08 Å². The van der Waals surface area contributed by atoms with Crippen LogP contribution in [0.25, 0.3) is 0 Å². The lowest BCUT2D eigenvalue weighted by molar-refractivity contribution is 0.342. The topological polar surface area (TPSA) is 20.2 Å². The fourth-order valence-electron chi connectivity index (χ4n) is 0.604. The second kappa shape index (κ2) is 6.45. The quantitative estimate of drug-likeness (QED) is 0.497. The average molecular weight is 162 g/mol. The van der Waals surface area contributed by atoms with E-state index in [1.165, 1.54) is 0 Å². The summed E-state index contributed by atoms with van der Waals surface area (Å²) < 4.78 is 0. The highest BCUT2D eigenvalue weighted by molar-refractivity contribution is 5.29. The SMILES string of the molecule is C#C/C(C)=C/C=C/C(C)=C/CO. The van der Waals surface area contributed by atoms with Crippen molar-refractivity contribution in [3.63, 3.8) is 0 Å². The predicted octanol–water partition coefficient (Wildman–Crippen LogP) is 2.06. The van der Waals surface area contributed by atoms with Crippen molar-refractivity contribution in [1.82, 2.24) is 0 Å². The van der Waals surface area contributed by atoms with Gasteiger partial charge in [0.15, 0.2) is 0 Å². The van der Waals surface area contributed by atoms with Crippen LogP contribution in [0.2, 0.25) is 0 Å². The van der Waals surface area contributed by atoms with Gasteiger partial charge in [0.05, 0.1) is 6.61 Å². The molecule has 0 amide bonds. The first-order valence-corrected chi connectivity index (χ1v) is 3.80. The molecular weight excluding hydrogens is 148 g/mol. The van der Waals surface area contributed by atoms with Crippen molar-refractivity contribution in [3.8, 4) is 12.3 Å². The fraction of sp³-hybridized carbons (Fsp3) is 0.273. The highest BCUT2D eigenvalue weighted by atomic mass is 16.2. The highest BCUT2D eigenvalue weighted by Gasteiger charge is 1.78. The van der Waals surface area contributed by atoms with Gasteiger partial charge in [-0.1, -0.05) is 35.8 Å². The molecule has 0 aromatic rings. The Morgan fingerprint density at radius 2 is 2.17 bits per heavy atom. The highest BCUT2D eigenvalue weighted by Crippen LogP contribution is 1.96. The van der Waals surface area contributed by atoms with Crippen molar-refractivity contribution in [2.45, 2.75) is 13.8 Å². The molecule has 0 aromatic heterocycles. The summed E-state index contributed by atoms with van der Waals surface area (Å²) in [6, 6.07) is 0. The largest absolute Gasteiger partial charge is 0.392 e. The molecule has 0 fully saturated rings. The van der Waals surface area contributed by atoms with Gasteiger partial charge >= 0.3 is 0 Å². The van der Waals surface area contributed by atoms with Crippen LogP contribution in [0.5, 0.6) is 0 Å². The standard InChI is InChI=1S/C11H14O/c1-4-10(2)6-5-7-11(3)8-9-12/h1,5-8,12H,9H2,2-3H3/b7-5+,10-6+,11-8+. The minimum Gasteiger partial charge on any atom is -0.392 e. The third kappa shape index (κ3) is 5.52. The van der Waals surface area contributed by atoms with Crippen molar-refractivity contribution in [1.29, 1.82) is 0 Å². The molecular formula is C11H14O. The Morgan fingerprint density at radius 1 is 1.50 bits per heavy atom. The van der Waals surface area contributed by atoms with Crippen LogP contribution in [-0.4, -0.2) is 11.7 Å². The Hall–Kier alpha value is -1.26. The number of aliphatic hydroxyl groups is 1. The van der Waals surface area contributed by atoms with E-state index in [1.807, 2.05) is 32.1 Å². The molecule has 0 atom stereocenters. The monoisotopic (exact) mass is 162 g/mol. The maximum atomic E-state index is 8.53. The zero-order valence-corrected chi connectivity index (χ0v) is 7.54. The van der Waals surface area contributed by atoms with Crippen LogP contribution in [0, 0.1) is 12.3 Å². The number of allylic oxidation sites excluding steroid dienone is 5. The van der Waals surface area contributed by atoms with Crippen LogP contribution < -0.4 is 0 Å². The minimum atomic E-state index is 0.0774. The molecule has 0 aliphatic heterocycles. The molecule has 0 saturated carbocycles. The van der Waals surface area contributed by atoms with Gasteiger partial charge < -0.3 is 5.11 Å². The number of hydrogen-bond donors (Lipinski definition) is 1. The first-order chi connectivity index (χ1) is 5.70. The van der Waals surface area contributed by atoms with Crippen molar-refractivity contribution in [2.75, 3.05) is 6.61 Å². The second-order valence-electron chi connectivity index (χ2n) is 2.48. The maximum Gasteiger partial charge on any atom is 0.0617 e. The Kier molecular flexibility index (Phi) is 5.77. The van der Waals surface area contributed by atoms with E-state index in [0.717, 1.165) is 11.1 Å². The molecule has 64 valence electrons. The van der Waals surface area contributed by atoms with Gasteiger partial charge in [0.25, 0.3) is 0 Å². The van der Waals surface area contributed by atoms with E-state index >= 15 is 0 Å². The van der Waals surface area contributed by atoms with Crippen molar-refractivity contribution in [3.05, 3.63) is 35.5 Å². The normalized spacial score (nSPS) is 13.5. The fourth-order valence-corrected chi connectivity index (χ4v) is 0.604. The molecule has 1 nitrogen and oxygen atoms in total. The van der Waals surface area contributed by atoms with Gasteiger partial charge in [0.1, 0.15) is 0 Å². The van der Waals surface area contributed by atoms with Gasteiger partial charge in [-0.05, 0) is 19.4 Å². The van der Waals surface area contributed by atoms with Crippen molar-refractivity contribution in [2.24, 2.45) is 0 Å². The summed E-state index contributed by atoms with van der Waals surface area (Å²) in [4.78, 5) is 0. The van der Waals surface area contributed by atoms with Gasteiger partial charge in [0, 0.05) is 0 Å². The summed E-state index contributed by atoms with van der Waals surface area (Å²) >= 11 is 0. The van der Waals surface area contributed by atoms with E-state index in [2.05, 4.69) is 5.92 Å². The first kappa shape index (κ1) is 10.7. The van der Waals surface area contributed by atoms with Crippen LogP contribution in [0.1, 0.15) is 13.8 Å². The zero-order chi connectivity index (χ0) is 9.40. The van der Waals surface area contributed by atoms with E-state index < -0.39 is 0 Å². The van der Waals surface area contributed by atoms with Crippen molar-refractivity contribution >= 4 is 0 Å². The van der Waals surface area contributed by atoms with E-state index in [4.69, 9.17) is 11.5 Å². The Labute approximate surface area is 74.1 Å². The number of aliphatic hydroxyl groups excluding tert-OH is 1. The summed E-state index contributed by atoms with van der Waals surface area (Å²) in [6.45, 7) is 3.87. The first-order valence-electron chi connectivity index (χ1n) is 3.80. The summed E-state index contributed by atoms with van der Waals surface area (Å²) in [5.74, 6) is 2.51. The molecule has 0 saturated heterocycles. The smallest absolute Gasteiger partial charge is 0.0617 e. The lowest BCUT2D eigenvalue weighted by Gasteiger charge is -1.87. The van der Waals surface area contributed by atoms with Crippen LogP contribution in [0.3, 0.4) is 0 Å². The molecule has 1 heteroatoms. The van der Waals surface area contributed by atoms with E-state index in [-0.39, 0.29) is 6.61 Å². The molecule has 0 aliphatic rings. The van der Waals surface area contributed by atoms with Gasteiger partial charge in [-0.15, -0.1) is 6.42 Å². The third-order valence-electron chi connectivity index (χ3n) is 1.35. The van der Waals surface area contributed by atoms with Crippen LogP contribution >= 0.6 is 0 Å². The number of rotatable bonds is 3. The molecule has 0 radical (unpaired) electrons. The average Bonchev–Trinajstić information content (AvgIpc) is 2.04. The third-order valence-corrected chi connectivity index (χ3v) is 1.35. The Bertz CT molecular complexity index is 249. The number of terminal acetylenes is 1. The molecule has 0 aromatic carbocycles. The summed E-state index contributed by atoms with van der Waals surface area (Å²) in [5.41, 5.74) is 1.92. The van der Waals surface area contributed by atoms with Gasteiger partial charge in [-0.3, -0.25) is 0 Å². The molecule has 0 unspecified atom stereocenters. The van der Waals surface area contributed by atoms with Gasteiger partial charge in [-0.25, -0.2) is 0 Å². The summed E-state index contributed by atoms with van der Waals surface area (Å²) in [5, 5.41) is 8.53. The molecule has 1 N–H and O–H groups in total. The molecule has 0 spiro atoms. The Balaban J connectivity index is 4.11. The van der Waals surface area contributed by atoms with Gasteiger partial charge in [0.2, 0.25) is 0 Å². The molecule has 0 bridgehead atoms. The van der Waals surface area contributed by atoms with Gasteiger partial charge in [-0.2, -0.15) is 0 Å².